The zero-order chi connectivity index (χ0) is 20.2. The molecule has 1 aromatic carbocycles. The highest BCUT2D eigenvalue weighted by Gasteiger charge is 2.32. The number of alkyl carbamates (subject to hydrolysis) is 1. The van der Waals surface area contributed by atoms with Crippen molar-refractivity contribution >= 4 is 36.0 Å². The first kappa shape index (κ1) is 25.5. The lowest BCUT2D eigenvalue weighted by Gasteiger charge is -2.21. The fourth-order valence-electron chi connectivity index (χ4n) is 2.87. The van der Waals surface area contributed by atoms with Crippen molar-refractivity contribution in [1.82, 2.24) is 16.0 Å². The van der Waals surface area contributed by atoms with Gasteiger partial charge in [0.15, 0.2) is 5.96 Å². The van der Waals surface area contributed by atoms with Crippen LogP contribution in [-0.4, -0.2) is 51.4 Å². The third kappa shape index (κ3) is 10.7. The molecular weight excluding hydrogens is 483 g/mol. The van der Waals surface area contributed by atoms with Crippen molar-refractivity contribution in [3.63, 3.8) is 0 Å². The Labute approximate surface area is 191 Å². The van der Waals surface area contributed by atoms with Crippen molar-refractivity contribution < 1.29 is 14.3 Å². The highest BCUT2D eigenvalue weighted by molar-refractivity contribution is 14.0. The third-order valence-electron chi connectivity index (χ3n) is 4.61. The van der Waals surface area contributed by atoms with E-state index in [-0.39, 0.29) is 36.1 Å². The molecule has 2 atom stereocenters. The number of nitrogens with one attached hydrogen (secondary N) is 3. The molecule has 0 radical (unpaired) electrons. The van der Waals surface area contributed by atoms with Crippen LogP contribution in [0.1, 0.15) is 32.3 Å². The lowest BCUT2D eigenvalue weighted by molar-refractivity contribution is 0.0931. The molecule has 2 unspecified atom stereocenters. The van der Waals surface area contributed by atoms with E-state index >= 15 is 0 Å². The number of nitrogens with zero attached hydrogens (tertiary/aromatic N) is 1. The van der Waals surface area contributed by atoms with Gasteiger partial charge in [0.05, 0.1) is 25.9 Å². The number of hydrogen-bond acceptors (Lipinski definition) is 4. The van der Waals surface area contributed by atoms with Crippen molar-refractivity contribution in [2.45, 2.75) is 39.3 Å². The van der Waals surface area contributed by atoms with Gasteiger partial charge in [-0.15, -0.1) is 24.0 Å². The zero-order valence-corrected chi connectivity index (χ0v) is 20.0. The summed E-state index contributed by atoms with van der Waals surface area (Å²) in [6, 6.07) is 10.2. The van der Waals surface area contributed by atoms with Gasteiger partial charge in [0.25, 0.3) is 0 Å². The largest absolute Gasteiger partial charge is 0.450 e. The van der Waals surface area contributed by atoms with Crippen LogP contribution in [0, 0.1) is 11.8 Å². The Bertz CT molecular complexity index is 611. The third-order valence-corrected chi connectivity index (χ3v) is 4.61. The number of hydrogen-bond donors (Lipinski definition) is 3. The highest BCUT2D eigenvalue weighted by Crippen LogP contribution is 2.32. The van der Waals surface area contributed by atoms with Gasteiger partial charge in [-0.05, 0) is 37.2 Å². The van der Waals surface area contributed by atoms with Gasteiger partial charge in [0.1, 0.15) is 0 Å². The monoisotopic (exact) mass is 518 g/mol. The minimum absolute atomic E-state index is 0. The van der Waals surface area contributed by atoms with Crippen molar-refractivity contribution in [1.29, 1.82) is 0 Å². The molecule has 2 rings (SSSR count). The smallest absolute Gasteiger partial charge is 0.407 e. The molecule has 1 aromatic rings. The van der Waals surface area contributed by atoms with Crippen LogP contribution >= 0.6 is 24.0 Å². The quantitative estimate of drug-likeness (QED) is 0.238. The molecule has 0 heterocycles. The second kappa shape index (κ2) is 14.4. The molecular formula is C21H35IN4O3. The lowest BCUT2D eigenvalue weighted by atomic mass is 10.2. The number of aliphatic imine (C=N–C) groups is 1. The molecule has 0 saturated heterocycles. The number of guanidine groups is 1. The second-order valence-corrected chi connectivity index (χ2v) is 7.25. The summed E-state index contributed by atoms with van der Waals surface area (Å²) in [5, 5.41) is 9.57. The average Bonchev–Trinajstić information content (AvgIpc) is 3.53. The van der Waals surface area contributed by atoms with Gasteiger partial charge in [0.2, 0.25) is 0 Å². The van der Waals surface area contributed by atoms with E-state index in [4.69, 9.17) is 9.47 Å². The molecule has 0 bridgehead atoms. The van der Waals surface area contributed by atoms with Gasteiger partial charge in [-0.25, -0.2) is 4.79 Å². The van der Waals surface area contributed by atoms with E-state index in [2.05, 4.69) is 40.0 Å². The molecule has 7 nitrogen and oxygen atoms in total. The molecule has 1 saturated carbocycles. The van der Waals surface area contributed by atoms with Crippen LogP contribution in [-0.2, 0) is 16.1 Å². The van der Waals surface area contributed by atoms with Gasteiger partial charge >= 0.3 is 6.09 Å². The van der Waals surface area contributed by atoms with Gasteiger partial charge in [-0.1, -0.05) is 37.3 Å². The van der Waals surface area contributed by atoms with Crippen LogP contribution in [0.2, 0.25) is 0 Å². The van der Waals surface area contributed by atoms with Gasteiger partial charge in [-0.3, -0.25) is 4.99 Å². The van der Waals surface area contributed by atoms with Crippen LogP contribution in [0.3, 0.4) is 0 Å². The Hall–Kier alpha value is -1.55. The summed E-state index contributed by atoms with van der Waals surface area (Å²) >= 11 is 0. The first-order valence-electron chi connectivity index (χ1n) is 10.1. The van der Waals surface area contributed by atoms with Crippen LogP contribution in [0.4, 0.5) is 4.79 Å². The number of carbonyl (C=O) groups is 1. The van der Waals surface area contributed by atoms with Crippen LogP contribution in [0.25, 0.3) is 0 Å². The predicted molar refractivity (Wildman–Crippen MR) is 127 cm³/mol. The summed E-state index contributed by atoms with van der Waals surface area (Å²) in [7, 11) is 1.75. The van der Waals surface area contributed by atoms with Gasteiger partial charge < -0.3 is 25.4 Å². The summed E-state index contributed by atoms with van der Waals surface area (Å²) in [5.74, 6) is 1.59. The van der Waals surface area contributed by atoms with Gasteiger partial charge in [0, 0.05) is 20.1 Å². The molecule has 1 aliphatic carbocycles. The molecule has 0 aromatic heterocycles. The SMILES string of the molecule is CCOC(=O)NC(CNC(=NC)NCC(C)COCc1ccccc1)C1CC1.I. The number of rotatable bonds is 11. The first-order chi connectivity index (χ1) is 13.6. The summed E-state index contributed by atoms with van der Waals surface area (Å²) in [5.41, 5.74) is 1.18. The normalized spacial score (nSPS) is 15.6. The van der Waals surface area contributed by atoms with E-state index in [1.165, 1.54) is 5.56 Å². The molecule has 3 N–H and O–H groups in total. The van der Waals surface area contributed by atoms with E-state index in [1.54, 1.807) is 14.0 Å². The maximum atomic E-state index is 11.7. The van der Waals surface area contributed by atoms with Gasteiger partial charge in [-0.2, -0.15) is 0 Å². The summed E-state index contributed by atoms with van der Waals surface area (Å²) in [6.45, 7) is 7.01. The van der Waals surface area contributed by atoms with Crippen molar-refractivity contribution in [2.75, 3.05) is 33.4 Å². The Kier molecular flexibility index (Phi) is 12.7. The fourth-order valence-corrected chi connectivity index (χ4v) is 2.87. The number of benzene rings is 1. The second-order valence-electron chi connectivity index (χ2n) is 7.25. The number of ether oxygens (including phenoxy) is 2. The predicted octanol–water partition coefficient (Wildman–Crippen LogP) is 3.15. The van der Waals surface area contributed by atoms with E-state index in [1.807, 2.05) is 18.2 Å². The zero-order valence-electron chi connectivity index (χ0n) is 17.6. The number of halogens is 1. The molecule has 29 heavy (non-hydrogen) atoms. The van der Waals surface area contributed by atoms with Crippen molar-refractivity contribution in [2.24, 2.45) is 16.8 Å². The molecule has 1 amide bonds. The van der Waals surface area contributed by atoms with E-state index in [9.17, 15) is 4.79 Å². The Morgan fingerprint density at radius 2 is 1.90 bits per heavy atom. The molecule has 8 heteroatoms. The molecule has 0 spiro atoms. The highest BCUT2D eigenvalue weighted by atomic mass is 127. The first-order valence-corrected chi connectivity index (χ1v) is 10.1. The molecule has 1 fully saturated rings. The topological polar surface area (TPSA) is 84.0 Å². The summed E-state index contributed by atoms with van der Waals surface area (Å²) < 4.78 is 10.8. The summed E-state index contributed by atoms with van der Waals surface area (Å²) in [6.07, 6.45) is 1.93. The minimum Gasteiger partial charge on any atom is -0.450 e. The van der Waals surface area contributed by atoms with Crippen molar-refractivity contribution in [3.8, 4) is 0 Å². The molecule has 164 valence electrons. The van der Waals surface area contributed by atoms with E-state index < -0.39 is 0 Å². The van der Waals surface area contributed by atoms with Crippen molar-refractivity contribution in [3.05, 3.63) is 35.9 Å². The Morgan fingerprint density at radius 1 is 1.21 bits per heavy atom. The van der Waals surface area contributed by atoms with Crippen LogP contribution in [0.5, 0.6) is 0 Å². The molecule has 0 aliphatic heterocycles. The maximum Gasteiger partial charge on any atom is 0.407 e. The average molecular weight is 518 g/mol. The lowest BCUT2D eigenvalue weighted by Crippen LogP contribution is -2.48. The van der Waals surface area contributed by atoms with Crippen LogP contribution < -0.4 is 16.0 Å². The minimum atomic E-state index is -0.353. The number of amides is 1. The van der Waals surface area contributed by atoms with E-state index in [0.29, 0.717) is 38.2 Å². The standard InChI is InChI=1S/C21H34N4O3.HI/c1-4-28-21(26)25-19(18-10-11-18)13-24-20(22-3)23-12-16(2)14-27-15-17-8-6-5-7-9-17;/h5-9,16,18-19H,4,10-15H2,1-3H3,(H,25,26)(H2,22,23,24);1H. The summed E-state index contributed by atoms with van der Waals surface area (Å²) in [4.78, 5) is 16.0. The Balaban J connectivity index is 0.00000420. The maximum absolute atomic E-state index is 11.7. The Morgan fingerprint density at radius 3 is 2.52 bits per heavy atom. The molecule has 1 aliphatic rings. The van der Waals surface area contributed by atoms with Crippen LogP contribution in [0.15, 0.2) is 35.3 Å². The fraction of sp³-hybridized carbons (Fsp3) is 0.619. The van der Waals surface area contributed by atoms with E-state index in [0.717, 1.165) is 25.3 Å². The number of carbonyl (C=O) groups excluding carboxylic acids is 1.